The van der Waals surface area contributed by atoms with Gasteiger partial charge in [-0.2, -0.15) is 0 Å². The predicted molar refractivity (Wildman–Crippen MR) is 155 cm³/mol. The van der Waals surface area contributed by atoms with Crippen LogP contribution >= 0.6 is 11.3 Å². The van der Waals surface area contributed by atoms with Gasteiger partial charge in [0.1, 0.15) is 5.82 Å². The summed E-state index contributed by atoms with van der Waals surface area (Å²) in [6.07, 6.45) is 5.11. The molecule has 39 heavy (non-hydrogen) atoms. The van der Waals surface area contributed by atoms with Crippen LogP contribution in [0.3, 0.4) is 0 Å². The summed E-state index contributed by atoms with van der Waals surface area (Å²) < 4.78 is 6.94. The Morgan fingerprint density at radius 2 is 2.03 bits per heavy atom. The predicted octanol–water partition coefficient (Wildman–Crippen LogP) is 4.21. The summed E-state index contributed by atoms with van der Waals surface area (Å²) in [5.74, 6) is -0.170. The fourth-order valence-corrected chi connectivity index (χ4v) is 6.97. The molecule has 0 aliphatic carbocycles. The highest BCUT2D eigenvalue weighted by molar-refractivity contribution is 7.18. The van der Waals surface area contributed by atoms with Gasteiger partial charge in [-0.25, -0.2) is 9.97 Å². The number of pyridine rings is 1. The number of amides is 2. The zero-order valence-corrected chi connectivity index (χ0v) is 24.0. The number of likely N-dealkylation sites (tertiary alicyclic amines) is 2. The number of nitrogens with one attached hydrogen (secondary N) is 1. The molecule has 2 aliphatic rings. The van der Waals surface area contributed by atoms with Crippen molar-refractivity contribution in [2.24, 2.45) is 5.92 Å². The number of piperidine rings is 2. The van der Waals surface area contributed by atoms with Crippen molar-refractivity contribution in [3.8, 4) is 0 Å². The highest BCUT2D eigenvalue weighted by Crippen LogP contribution is 2.38. The Balaban J connectivity index is 1.37. The summed E-state index contributed by atoms with van der Waals surface area (Å²) in [6, 6.07) is 7.89. The molecule has 4 heterocycles. The van der Waals surface area contributed by atoms with Crippen molar-refractivity contribution in [2.45, 2.75) is 57.6 Å². The summed E-state index contributed by atoms with van der Waals surface area (Å²) in [4.78, 5) is 39.7. The highest BCUT2D eigenvalue weighted by Gasteiger charge is 2.35. The number of fused-ring (bicyclic) bond motifs is 1. The number of rotatable bonds is 5. The summed E-state index contributed by atoms with van der Waals surface area (Å²) in [7, 11) is 3.90. The van der Waals surface area contributed by atoms with Crippen LogP contribution in [0.25, 0.3) is 10.2 Å². The van der Waals surface area contributed by atoms with Crippen LogP contribution in [0.1, 0.15) is 61.2 Å². The number of nitrogens with two attached hydrogens (primary N) is 1. The lowest BCUT2D eigenvalue weighted by atomic mass is 9.89. The quantitative estimate of drug-likeness (QED) is 0.458. The number of nitrogens with zero attached hydrogens (tertiary/aromatic N) is 4. The van der Waals surface area contributed by atoms with Crippen LogP contribution in [-0.4, -0.2) is 71.5 Å². The van der Waals surface area contributed by atoms with Gasteiger partial charge in [0.2, 0.25) is 0 Å². The second-order valence-corrected chi connectivity index (χ2v) is 12.0. The van der Waals surface area contributed by atoms with E-state index >= 15 is 0 Å². The van der Waals surface area contributed by atoms with Crippen LogP contribution < -0.4 is 11.1 Å². The lowest BCUT2D eigenvalue weighted by molar-refractivity contribution is -0.146. The topological polar surface area (TPSA) is 114 Å². The van der Waals surface area contributed by atoms with Gasteiger partial charge < -0.3 is 25.6 Å². The molecule has 0 bridgehead atoms. The zero-order chi connectivity index (χ0) is 27.7. The number of hydrogen-bond donors (Lipinski definition) is 2. The van der Waals surface area contributed by atoms with Crippen LogP contribution in [-0.2, 0) is 20.7 Å². The molecular formula is C29H38N6O3S. The lowest BCUT2D eigenvalue weighted by Crippen LogP contribution is -2.46. The Hall–Kier alpha value is -3.08. The smallest absolute Gasteiger partial charge is 0.313 e. The molecule has 10 heteroatoms. The molecule has 0 spiro atoms. The maximum atomic E-state index is 13.5. The van der Waals surface area contributed by atoms with Crippen molar-refractivity contribution in [3.63, 3.8) is 0 Å². The number of carbonyl (C=O) groups excluding carboxylic acids is 2. The standard InChI is InChI=1S/C29H38N6O3S/c1-5-18-12-20(14-31-26(18)30)32-27(36)29(37)35-15-17(2)6-8-23(35)19-7-9-25-22(13-19)33-28(39-25)21-10-11-34(3)16-24(21)38-4/h7,9,12-14,17,21,23-24H,5-6,8,10-11,15-16H2,1-4H3,(H2,30,31)(H,32,36)/t17-,21-,23+,24-/m0/s1. The van der Waals surface area contributed by atoms with Gasteiger partial charge in [0, 0.05) is 26.1 Å². The van der Waals surface area contributed by atoms with Crippen molar-refractivity contribution < 1.29 is 14.3 Å². The normalized spacial score (nSPS) is 24.2. The number of hydrogen-bond acceptors (Lipinski definition) is 8. The number of anilines is 2. The van der Waals surface area contributed by atoms with E-state index in [4.69, 9.17) is 15.5 Å². The lowest BCUT2D eigenvalue weighted by Gasteiger charge is -2.38. The average Bonchev–Trinajstić information content (AvgIpc) is 3.36. The SMILES string of the molecule is CCc1cc(NC(=O)C(=O)N2C[C@@H](C)CC[C@@H]2c2ccc3sc([C@H]4CCN(C)C[C@@H]4OC)nc3c2)cnc1N. The Kier molecular flexibility index (Phi) is 8.16. The summed E-state index contributed by atoms with van der Waals surface area (Å²) in [5.41, 5.74) is 9.16. The number of likely N-dealkylation sites (N-methyl/N-ethyl adjacent to an activating group) is 1. The van der Waals surface area contributed by atoms with E-state index in [1.54, 1.807) is 29.4 Å². The third-order valence-corrected chi connectivity index (χ3v) is 9.28. The Labute approximate surface area is 233 Å². The maximum absolute atomic E-state index is 13.5. The molecule has 2 amide bonds. The molecule has 9 nitrogen and oxygen atoms in total. The molecule has 3 N–H and O–H groups in total. The summed E-state index contributed by atoms with van der Waals surface area (Å²) in [6.45, 7) is 6.54. The van der Waals surface area contributed by atoms with Gasteiger partial charge in [0.25, 0.3) is 0 Å². The number of carbonyl (C=O) groups is 2. The molecule has 1 aromatic carbocycles. The molecule has 0 unspecified atom stereocenters. The summed E-state index contributed by atoms with van der Waals surface area (Å²) >= 11 is 1.73. The first-order chi connectivity index (χ1) is 18.8. The maximum Gasteiger partial charge on any atom is 0.313 e. The van der Waals surface area contributed by atoms with E-state index in [0.717, 1.165) is 58.7 Å². The van der Waals surface area contributed by atoms with Gasteiger partial charge in [0.15, 0.2) is 0 Å². The molecule has 208 valence electrons. The first kappa shape index (κ1) is 27.5. The van der Waals surface area contributed by atoms with Crippen LogP contribution in [0, 0.1) is 5.92 Å². The molecule has 2 aliphatic heterocycles. The minimum absolute atomic E-state index is 0.125. The summed E-state index contributed by atoms with van der Waals surface area (Å²) in [5, 5.41) is 3.84. The first-order valence-electron chi connectivity index (χ1n) is 13.7. The highest BCUT2D eigenvalue weighted by atomic mass is 32.1. The zero-order valence-electron chi connectivity index (χ0n) is 23.1. The van der Waals surface area contributed by atoms with E-state index in [1.165, 1.54) is 6.20 Å². The van der Waals surface area contributed by atoms with Gasteiger partial charge in [0.05, 0.1) is 39.3 Å². The minimum atomic E-state index is -0.660. The van der Waals surface area contributed by atoms with Crippen LogP contribution in [0.2, 0.25) is 0 Å². The number of methoxy groups -OCH3 is 1. The molecule has 2 aromatic heterocycles. The fourth-order valence-electron chi connectivity index (χ4n) is 5.83. The number of ether oxygens (including phenoxy) is 1. The minimum Gasteiger partial charge on any atom is -0.383 e. The second-order valence-electron chi connectivity index (χ2n) is 10.9. The molecule has 2 fully saturated rings. The van der Waals surface area contributed by atoms with Gasteiger partial charge >= 0.3 is 11.8 Å². The molecule has 0 radical (unpaired) electrons. The Morgan fingerprint density at radius 3 is 2.79 bits per heavy atom. The van der Waals surface area contributed by atoms with E-state index in [9.17, 15) is 9.59 Å². The monoisotopic (exact) mass is 550 g/mol. The van der Waals surface area contributed by atoms with E-state index in [2.05, 4.69) is 47.4 Å². The number of thiazole rings is 1. The number of aryl methyl sites for hydroxylation is 1. The number of benzene rings is 1. The van der Waals surface area contributed by atoms with E-state index < -0.39 is 11.8 Å². The second kappa shape index (κ2) is 11.6. The Morgan fingerprint density at radius 1 is 1.21 bits per heavy atom. The fraction of sp³-hybridized carbons (Fsp3) is 0.517. The molecule has 0 saturated carbocycles. The number of nitrogen functional groups attached to an aromatic ring is 1. The van der Waals surface area contributed by atoms with Crippen molar-refractivity contribution in [1.82, 2.24) is 19.8 Å². The van der Waals surface area contributed by atoms with Gasteiger partial charge in [-0.1, -0.05) is 19.9 Å². The third-order valence-electron chi connectivity index (χ3n) is 8.11. The average molecular weight is 551 g/mol. The van der Waals surface area contributed by atoms with Crippen molar-refractivity contribution >= 4 is 44.9 Å². The molecule has 2 saturated heterocycles. The van der Waals surface area contributed by atoms with Gasteiger partial charge in [-0.3, -0.25) is 9.59 Å². The van der Waals surface area contributed by atoms with Crippen molar-refractivity contribution in [1.29, 1.82) is 0 Å². The molecule has 3 aromatic rings. The molecule has 5 rings (SSSR count). The number of aromatic nitrogens is 2. The van der Waals surface area contributed by atoms with Crippen molar-refractivity contribution in [2.75, 3.05) is 44.8 Å². The Bertz CT molecular complexity index is 1360. The van der Waals surface area contributed by atoms with Gasteiger partial charge in [-0.15, -0.1) is 11.3 Å². The van der Waals surface area contributed by atoms with Gasteiger partial charge in [-0.05, 0) is 74.5 Å². The van der Waals surface area contributed by atoms with Crippen LogP contribution in [0.5, 0.6) is 0 Å². The largest absolute Gasteiger partial charge is 0.383 e. The third kappa shape index (κ3) is 5.78. The van der Waals surface area contributed by atoms with Crippen LogP contribution in [0.4, 0.5) is 11.5 Å². The van der Waals surface area contributed by atoms with Crippen molar-refractivity contribution in [3.05, 3.63) is 46.6 Å². The molecular weight excluding hydrogens is 512 g/mol. The van der Waals surface area contributed by atoms with Crippen LogP contribution in [0.15, 0.2) is 30.5 Å². The molecule has 4 atom stereocenters. The van der Waals surface area contributed by atoms with E-state index in [1.807, 2.05) is 6.92 Å². The van der Waals surface area contributed by atoms with E-state index in [-0.39, 0.29) is 18.1 Å². The first-order valence-corrected chi connectivity index (χ1v) is 14.6. The van der Waals surface area contributed by atoms with E-state index in [0.29, 0.717) is 30.4 Å².